The Morgan fingerprint density at radius 3 is 2.00 bits per heavy atom. The highest BCUT2D eigenvalue weighted by Gasteiger charge is 2.37. The first kappa shape index (κ1) is 24.7. The highest BCUT2D eigenvalue weighted by Crippen LogP contribution is 2.39. The Balaban J connectivity index is 1.34. The zero-order chi connectivity index (χ0) is 25.9. The van der Waals surface area contributed by atoms with E-state index in [2.05, 4.69) is 120 Å². The third-order valence-electron chi connectivity index (χ3n) is 8.14. The van der Waals surface area contributed by atoms with Crippen molar-refractivity contribution in [1.82, 2.24) is 10.2 Å². The zero-order valence-electron chi connectivity index (χ0n) is 22.2. The normalized spacial score (nSPS) is 18.4. The maximum absolute atomic E-state index is 6.99. The van der Waals surface area contributed by atoms with E-state index in [1.165, 1.54) is 27.8 Å². The first-order valence-electron chi connectivity index (χ1n) is 13.6. The molecule has 38 heavy (non-hydrogen) atoms. The van der Waals surface area contributed by atoms with E-state index in [-0.39, 0.29) is 12.0 Å². The monoisotopic (exact) mass is 504 g/mol. The smallest absolute Gasteiger partial charge is 0.120 e. The minimum absolute atomic E-state index is 0.0396. The Labute approximate surface area is 226 Å². The van der Waals surface area contributed by atoms with Gasteiger partial charge in [-0.05, 0) is 59.1 Å². The molecule has 4 aromatic carbocycles. The number of likely N-dealkylation sites (N-methyl/N-ethyl adjacent to an activating group) is 1. The molecule has 0 amide bonds. The van der Waals surface area contributed by atoms with Gasteiger partial charge in [-0.2, -0.15) is 0 Å². The number of hydrogen-bond acceptors (Lipinski definition) is 4. The van der Waals surface area contributed by atoms with Gasteiger partial charge in [0.1, 0.15) is 17.6 Å². The summed E-state index contributed by atoms with van der Waals surface area (Å²) in [5.41, 5.74) is 6.66. The molecule has 2 atom stereocenters. The number of benzene rings is 4. The Hall–Kier alpha value is -3.60. The summed E-state index contributed by atoms with van der Waals surface area (Å²) >= 11 is 0. The van der Waals surface area contributed by atoms with Crippen molar-refractivity contribution in [3.05, 3.63) is 131 Å². The molecule has 0 radical (unpaired) electrons. The second-order valence-electron chi connectivity index (χ2n) is 10.7. The molecule has 0 aliphatic carbocycles. The fourth-order valence-corrected chi connectivity index (χ4v) is 6.05. The number of fused-ring (bicyclic) bond motifs is 1. The van der Waals surface area contributed by atoms with Gasteiger partial charge in [0, 0.05) is 43.9 Å². The van der Waals surface area contributed by atoms with Crippen molar-refractivity contribution < 1.29 is 9.47 Å². The van der Waals surface area contributed by atoms with Crippen LogP contribution >= 0.6 is 0 Å². The SMILES string of the molecule is COc1ccc(C2CN(C)Cc3cc(OC(C4CNC4)C(c4ccccc4)c4ccccc4)ccc32)cc1. The van der Waals surface area contributed by atoms with E-state index in [1.54, 1.807) is 7.11 Å². The molecule has 0 bridgehead atoms. The third kappa shape index (κ3) is 5.07. The van der Waals surface area contributed by atoms with Crippen molar-refractivity contribution in [3.8, 4) is 11.5 Å². The van der Waals surface area contributed by atoms with E-state index in [9.17, 15) is 0 Å². The fraction of sp³-hybridized carbons (Fsp3) is 0.294. The van der Waals surface area contributed by atoms with Gasteiger partial charge >= 0.3 is 0 Å². The van der Waals surface area contributed by atoms with Crippen LogP contribution in [0.2, 0.25) is 0 Å². The van der Waals surface area contributed by atoms with Crippen molar-refractivity contribution >= 4 is 0 Å². The fourth-order valence-electron chi connectivity index (χ4n) is 6.05. The summed E-state index contributed by atoms with van der Waals surface area (Å²) in [5, 5.41) is 3.48. The van der Waals surface area contributed by atoms with E-state index in [0.29, 0.717) is 11.8 Å². The van der Waals surface area contributed by atoms with Crippen molar-refractivity contribution in [1.29, 1.82) is 0 Å². The topological polar surface area (TPSA) is 33.7 Å². The lowest BCUT2D eigenvalue weighted by Gasteiger charge is -2.40. The van der Waals surface area contributed by atoms with Gasteiger partial charge in [0.25, 0.3) is 0 Å². The predicted molar refractivity (Wildman–Crippen MR) is 153 cm³/mol. The van der Waals surface area contributed by atoms with Gasteiger partial charge in [0.15, 0.2) is 0 Å². The summed E-state index contributed by atoms with van der Waals surface area (Å²) < 4.78 is 12.4. The Bertz CT molecular complexity index is 1300. The van der Waals surface area contributed by atoms with Crippen LogP contribution < -0.4 is 14.8 Å². The molecule has 4 aromatic rings. The van der Waals surface area contributed by atoms with Gasteiger partial charge < -0.3 is 19.7 Å². The van der Waals surface area contributed by atoms with Crippen molar-refractivity contribution in [3.63, 3.8) is 0 Å². The van der Waals surface area contributed by atoms with Crippen molar-refractivity contribution in [2.45, 2.75) is 24.5 Å². The van der Waals surface area contributed by atoms with Gasteiger partial charge in [-0.3, -0.25) is 0 Å². The molecule has 4 nitrogen and oxygen atoms in total. The lowest BCUT2D eigenvalue weighted by molar-refractivity contribution is 0.0848. The summed E-state index contributed by atoms with van der Waals surface area (Å²) in [7, 11) is 3.92. The van der Waals surface area contributed by atoms with Gasteiger partial charge in [-0.1, -0.05) is 78.9 Å². The molecule has 6 rings (SSSR count). The van der Waals surface area contributed by atoms with Crippen LogP contribution in [0.1, 0.15) is 39.7 Å². The number of nitrogens with one attached hydrogen (secondary N) is 1. The minimum atomic E-state index is 0.0396. The average molecular weight is 505 g/mol. The van der Waals surface area contributed by atoms with Crippen LogP contribution in [0.15, 0.2) is 103 Å². The summed E-state index contributed by atoms with van der Waals surface area (Å²) in [5.74, 6) is 2.80. The van der Waals surface area contributed by atoms with Gasteiger partial charge in [-0.15, -0.1) is 0 Å². The van der Waals surface area contributed by atoms with E-state index in [1.807, 2.05) is 0 Å². The Morgan fingerprint density at radius 1 is 0.789 bits per heavy atom. The lowest BCUT2D eigenvalue weighted by Crippen LogP contribution is -2.52. The molecule has 2 aliphatic rings. The lowest BCUT2D eigenvalue weighted by atomic mass is 9.78. The molecule has 2 heterocycles. The molecule has 0 spiro atoms. The highest BCUT2D eigenvalue weighted by atomic mass is 16.5. The van der Waals surface area contributed by atoms with Crippen molar-refractivity contribution in [2.24, 2.45) is 5.92 Å². The van der Waals surface area contributed by atoms with Crippen LogP contribution in [0.25, 0.3) is 0 Å². The van der Waals surface area contributed by atoms with Crippen LogP contribution in [-0.2, 0) is 6.54 Å². The molecule has 194 valence electrons. The molecule has 1 N–H and O–H groups in total. The minimum Gasteiger partial charge on any atom is -0.497 e. The molecule has 1 fully saturated rings. The maximum atomic E-state index is 6.99. The van der Waals surface area contributed by atoms with E-state index in [4.69, 9.17) is 9.47 Å². The van der Waals surface area contributed by atoms with Gasteiger partial charge in [-0.25, -0.2) is 0 Å². The number of hydrogen-bond donors (Lipinski definition) is 1. The number of ether oxygens (including phenoxy) is 2. The highest BCUT2D eigenvalue weighted by molar-refractivity contribution is 5.45. The number of methoxy groups -OCH3 is 1. The molecule has 4 heteroatoms. The first-order valence-corrected chi connectivity index (χ1v) is 13.6. The summed E-state index contributed by atoms with van der Waals surface area (Å²) in [4.78, 5) is 2.41. The second kappa shape index (κ2) is 11.0. The first-order chi connectivity index (χ1) is 18.7. The second-order valence-corrected chi connectivity index (χ2v) is 10.7. The van der Waals surface area contributed by atoms with Crippen LogP contribution in [0, 0.1) is 5.92 Å². The standard InChI is InChI=1S/C34H36N2O2/c1-36-22-27-19-30(17-18-31(27)32(23-36)24-13-15-29(37-2)16-14-24)38-34(28-20-35-21-28)33(25-9-5-3-6-10-25)26-11-7-4-8-12-26/h3-19,28,32-35H,20-23H2,1-2H3. The maximum Gasteiger partial charge on any atom is 0.120 e. The van der Waals surface area contributed by atoms with Crippen LogP contribution in [0.4, 0.5) is 0 Å². The molecule has 0 aromatic heterocycles. The van der Waals surface area contributed by atoms with E-state index in [0.717, 1.165) is 37.7 Å². The zero-order valence-corrected chi connectivity index (χ0v) is 22.2. The van der Waals surface area contributed by atoms with Crippen LogP contribution in [0.3, 0.4) is 0 Å². The van der Waals surface area contributed by atoms with Crippen molar-refractivity contribution in [2.75, 3.05) is 33.8 Å². The van der Waals surface area contributed by atoms with Gasteiger partial charge in [0.2, 0.25) is 0 Å². The molecule has 0 saturated carbocycles. The van der Waals surface area contributed by atoms with Crippen LogP contribution in [0.5, 0.6) is 11.5 Å². The molecular formula is C34H36N2O2. The Kier molecular flexibility index (Phi) is 7.17. The quantitative estimate of drug-likeness (QED) is 0.316. The van der Waals surface area contributed by atoms with E-state index >= 15 is 0 Å². The number of nitrogens with zero attached hydrogens (tertiary/aromatic N) is 1. The molecular weight excluding hydrogens is 468 g/mol. The Morgan fingerprint density at radius 2 is 1.42 bits per heavy atom. The summed E-state index contributed by atoms with van der Waals surface area (Å²) in [6, 6.07) is 36.9. The largest absolute Gasteiger partial charge is 0.497 e. The predicted octanol–water partition coefficient (Wildman–Crippen LogP) is 6.07. The number of rotatable bonds is 8. The van der Waals surface area contributed by atoms with Crippen LogP contribution in [-0.4, -0.2) is 44.8 Å². The van der Waals surface area contributed by atoms with Gasteiger partial charge in [0.05, 0.1) is 7.11 Å². The molecule has 2 unspecified atom stereocenters. The molecule has 2 aliphatic heterocycles. The summed E-state index contributed by atoms with van der Waals surface area (Å²) in [6.07, 6.45) is 0.0396. The van der Waals surface area contributed by atoms with E-state index < -0.39 is 0 Å². The summed E-state index contributed by atoms with van der Waals surface area (Å²) in [6.45, 7) is 3.89. The third-order valence-corrected chi connectivity index (χ3v) is 8.14. The molecule has 1 saturated heterocycles. The average Bonchev–Trinajstić information content (AvgIpc) is 2.93.